The van der Waals surface area contributed by atoms with Gasteiger partial charge in [0.25, 0.3) is 0 Å². The van der Waals surface area contributed by atoms with Gasteiger partial charge in [-0.25, -0.2) is 14.1 Å². The van der Waals surface area contributed by atoms with Gasteiger partial charge >= 0.3 is 10.1 Å². The average Bonchev–Trinajstić information content (AvgIpc) is 3.00. The monoisotopic (exact) mass is 333 g/mol. The highest BCUT2D eigenvalue weighted by Gasteiger charge is 2.21. The van der Waals surface area contributed by atoms with E-state index in [-0.39, 0.29) is 5.75 Å². The Kier molecular flexibility index (Phi) is 3.83. The number of benzene rings is 2. The molecule has 23 heavy (non-hydrogen) atoms. The maximum atomic E-state index is 13.9. The standard InChI is InChI=1S/C15H12FN3O3S/c1-11-5-6-15(14(16)7-11)23(20,21)22-13-4-2-3-12(8-13)19-10-17-9-18-19/h2-10H,1H3. The Balaban J connectivity index is 1.93. The lowest BCUT2D eigenvalue weighted by molar-refractivity contribution is 0.476. The van der Waals surface area contributed by atoms with E-state index in [1.54, 1.807) is 19.1 Å². The summed E-state index contributed by atoms with van der Waals surface area (Å²) < 4.78 is 44.8. The van der Waals surface area contributed by atoms with Crippen molar-refractivity contribution in [2.24, 2.45) is 0 Å². The second-order valence-corrected chi connectivity index (χ2v) is 6.32. The molecule has 0 atom stereocenters. The van der Waals surface area contributed by atoms with Crippen molar-refractivity contribution in [3.05, 3.63) is 66.5 Å². The number of halogens is 1. The molecule has 0 radical (unpaired) electrons. The Morgan fingerprint density at radius 1 is 1.17 bits per heavy atom. The summed E-state index contributed by atoms with van der Waals surface area (Å²) in [7, 11) is -4.27. The summed E-state index contributed by atoms with van der Waals surface area (Å²) in [6.45, 7) is 1.67. The van der Waals surface area contributed by atoms with Gasteiger partial charge in [0.2, 0.25) is 0 Å². The van der Waals surface area contributed by atoms with Crippen LogP contribution in [0.1, 0.15) is 5.56 Å². The minimum Gasteiger partial charge on any atom is -0.379 e. The third-order valence-electron chi connectivity index (χ3n) is 3.06. The lowest BCUT2D eigenvalue weighted by Crippen LogP contribution is -2.12. The van der Waals surface area contributed by atoms with Gasteiger partial charge in [-0.1, -0.05) is 12.1 Å². The fourth-order valence-corrected chi connectivity index (χ4v) is 2.98. The summed E-state index contributed by atoms with van der Waals surface area (Å²) in [5.74, 6) is -0.796. The highest BCUT2D eigenvalue weighted by atomic mass is 32.2. The van der Waals surface area contributed by atoms with Crippen LogP contribution in [0, 0.1) is 12.7 Å². The molecule has 0 saturated heterocycles. The Bertz CT molecular complexity index is 940. The number of hydrogen-bond acceptors (Lipinski definition) is 5. The first-order chi connectivity index (χ1) is 11.0. The van der Waals surface area contributed by atoms with Crippen molar-refractivity contribution in [1.82, 2.24) is 14.8 Å². The lowest BCUT2D eigenvalue weighted by atomic mass is 10.2. The zero-order valence-electron chi connectivity index (χ0n) is 12.0. The van der Waals surface area contributed by atoms with Gasteiger partial charge in [-0.05, 0) is 36.8 Å². The molecule has 0 N–H and O–H groups in total. The van der Waals surface area contributed by atoms with E-state index in [0.717, 1.165) is 6.07 Å². The molecule has 0 aliphatic carbocycles. The Morgan fingerprint density at radius 2 is 2.00 bits per heavy atom. The molecule has 1 aromatic heterocycles. The van der Waals surface area contributed by atoms with Crippen LogP contribution in [-0.2, 0) is 10.1 Å². The van der Waals surface area contributed by atoms with Crippen LogP contribution in [0.3, 0.4) is 0 Å². The van der Waals surface area contributed by atoms with Crippen molar-refractivity contribution in [3.8, 4) is 11.4 Å². The minimum atomic E-state index is -4.27. The van der Waals surface area contributed by atoms with E-state index < -0.39 is 20.8 Å². The van der Waals surface area contributed by atoms with Crippen LogP contribution in [0.5, 0.6) is 5.75 Å². The summed E-state index contributed by atoms with van der Waals surface area (Å²) in [6.07, 6.45) is 2.82. The molecule has 3 aromatic rings. The van der Waals surface area contributed by atoms with Crippen LogP contribution in [0.15, 0.2) is 60.0 Å². The molecular formula is C15H12FN3O3S. The van der Waals surface area contributed by atoms with Gasteiger partial charge in [-0.15, -0.1) is 0 Å². The van der Waals surface area contributed by atoms with E-state index in [4.69, 9.17) is 4.18 Å². The van der Waals surface area contributed by atoms with Gasteiger partial charge in [0, 0.05) is 6.07 Å². The Morgan fingerprint density at radius 3 is 2.70 bits per heavy atom. The predicted molar refractivity (Wildman–Crippen MR) is 80.3 cm³/mol. The van der Waals surface area contributed by atoms with E-state index in [0.29, 0.717) is 11.3 Å². The van der Waals surface area contributed by atoms with Gasteiger partial charge in [0.15, 0.2) is 0 Å². The average molecular weight is 333 g/mol. The van der Waals surface area contributed by atoms with E-state index >= 15 is 0 Å². The van der Waals surface area contributed by atoms with Gasteiger partial charge in [-0.3, -0.25) is 0 Å². The summed E-state index contributed by atoms with van der Waals surface area (Å²) in [5.41, 5.74) is 1.19. The quantitative estimate of drug-likeness (QED) is 0.686. The van der Waals surface area contributed by atoms with Gasteiger partial charge in [0.05, 0.1) is 5.69 Å². The van der Waals surface area contributed by atoms with Crippen molar-refractivity contribution < 1.29 is 17.0 Å². The number of aromatic nitrogens is 3. The summed E-state index contributed by atoms with van der Waals surface area (Å²) in [4.78, 5) is 3.31. The van der Waals surface area contributed by atoms with Crippen molar-refractivity contribution in [2.45, 2.75) is 11.8 Å². The number of aryl methyl sites for hydroxylation is 1. The van der Waals surface area contributed by atoms with Crippen LogP contribution in [0.4, 0.5) is 4.39 Å². The van der Waals surface area contributed by atoms with Crippen LogP contribution in [0.25, 0.3) is 5.69 Å². The third-order valence-corrected chi connectivity index (χ3v) is 4.35. The summed E-state index contributed by atoms with van der Waals surface area (Å²) in [5, 5.41) is 3.95. The first-order valence-corrected chi connectivity index (χ1v) is 8.02. The minimum absolute atomic E-state index is 0.0537. The number of hydrogen-bond donors (Lipinski definition) is 0. The van der Waals surface area contributed by atoms with Gasteiger partial charge < -0.3 is 4.18 Å². The molecule has 3 rings (SSSR count). The Labute approximate surface area is 132 Å². The number of nitrogens with zero attached hydrogens (tertiary/aromatic N) is 3. The molecule has 2 aromatic carbocycles. The molecule has 0 aliphatic rings. The van der Waals surface area contributed by atoms with Crippen molar-refractivity contribution in [3.63, 3.8) is 0 Å². The number of rotatable bonds is 4. The SMILES string of the molecule is Cc1ccc(S(=O)(=O)Oc2cccc(-n3cncn3)c2)c(F)c1. The topological polar surface area (TPSA) is 74.1 Å². The highest BCUT2D eigenvalue weighted by molar-refractivity contribution is 7.87. The first-order valence-electron chi connectivity index (χ1n) is 6.61. The third kappa shape index (κ3) is 3.21. The van der Waals surface area contributed by atoms with E-state index in [9.17, 15) is 12.8 Å². The van der Waals surface area contributed by atoms with Crippen LogP contribution in [0.2, 0.25) is 0 Å². The zero-order chi connectivity index (χ0) is 16.4. The molecule has 0 aliphatic heterocycles. The molecule has 0 bridgehead atoms. The summed E-state index contributed by atoms with van der Waals surface area (Å²) >= 11 is 0. The van der Waals surface area contributed by atoms with E-state index in [1.807, 2.05) is 0 Å². The smallest absolute Gasteiger partial charge is 0.342 e. The van der Waals surface area contributed by atoms with Crippen molar-refractivity contribution in [2.75, 3.05) is 0 Å². The van der Waals surface area contributed by atoms with Crippen LogP contribution in [-0.4, -0.2) is 23.2 Å². The second-order valence-electron chi connectivity index (χ2n) is 4.81. The highest BCUT2D eigenvalue weighted by Crippen LogP contribution is 2.23. The molecule has 118 valence electrons. The molecule has 0 amide bonds. The lowest BCUT2D eigenvalue weighted by Gasteiger charge is -2.09. The van der Waals surface area contributed by atoms with E-state index in [1.165, 1.54) is 41.6 Å². The predicted octanol–water partition coefficient (Wildman–Crippen LogP) is 2.48. The largest absolute Gasteiger partial charge is 0.379 e. The maximum absolute atomic E-state index is 13.9. The molecule has 0 spiro atoms. The Hall–Kier alpha value is -2.74. The maximum Gasteiger partial charge on any atom is 0.342 e. The molecule has 6 nitrogen and oxygen atoms in total. The molecular weight excluding hydrogens is 321 g/mol. The molecule has 8 heteroatoms. The van der Waals surface area contributed by atoms with Crippen LogP contribution >= 0.6 is 0 Å². The summed E-state index contributed by atoms with van der Waals surface area (Å²) in [6, 6.07) is 10.1. The first kappa shape index (κ1) is 15.2. The zero-order valence-corrected chi connectivity index (χ0v) is 12.9. The molecule has 0 unspecified atom stereocenters. The van der Waals surface area contributed by atoms with Crippen molar-refractivity contribution >= 4 is 10.1 Å². The normalized spacial score (nSPS) is 11.4. The van der Waals surface area contributed by atoms with E-state index in [2.05, 4.69) is 10.1 Å². The fraction of sp³-hybridized carbons (Fsp3) is 0.0667. The fourth-order valence-electron chi connectivity index (χ4n) is 2.00. The van der Waals surface area contributed by atoms with Gasteiger partial charge in [-0.2, -0.15) is 13.5 Å². The second kappa shape index (κ2) is 5.81. The molecule has 0 fully saturated rings. The van der Waals surface area contributed by atoms with Crippen molar-refractivity contribution in [1.29, 1.82) is 0 Å². The molecule has 0 saturated carbocycles. The molecule has 1 heterocycles. The van der Waals surface area contributed by atoms with Gasteiger partial charge in [0.1, 0.15) is 29.1 Å². The van der Waals surface area contributed by atoms with Crippen LogP contribution < -0.4 is 4.18 Å².